The Morgan fingerprint density at radius 2 is 1.65 bits per heavy atom. The molecule has 0 radical (unpaired) electrons. The third-order valence-corrected chi connectivity index (χ3v) is 7.22. The van der Waals surface area contributed by atoms with Gasteiger partial charge in [0.15, 0.2) is 0 Å². The standard InChI is InChI=1S/C34H39N5O4/c1-23(2)25-8-6-24(7-9-25)22-42-28-12-10-26(11-13-28)29-30(27-14-16-35-17-15-27)37-39-21-20-38(32(40)31(29)39)19-18-36-33(41)43-34(3,4)5/h6-17,23H,18-22H2,1-5H3,(H,36,41). The number of ether oxygens (including phenoxy) is 2. The summed E-state index contributed by atoms with van der Waals surface area (Å²) in [5.74, 6) is 1.09. The molecule has 9 heteroatoms. The quantitative estimate of drug-likeness (QED) is 0.249. The predicted molar refractivity (Wildman–Crippen MR) is 166 cm³/mol. The Morgan fingerprint density at radius 3 is 2.30 bits per heavy atom. The third kappa shape index (κ3) is 7.23. The minimum absolute atomic E-state index is 0.134. The maximum Gasteiger partial charge on any atom is 0.407 e. The number of carbonyl (C=O) groups excluding carboxylic acids is 2. The lowest BCUT2D eigenvalue weighted by Gasteiger charge is -2.28. The molecule has 1 N–H and O–H groups in total. The zero-order valence-corrected chi connectivity index (χ0v) is 25.5. The van der Waals surface area contributed by atoms with Gasteiger partial charge in [0.1, 0.15) is 29.3 Å². The summed E-state index contributed by atoms with van der Waals surface area (Å²) >= 11 is 0. The molecule has 0 spiro atoms. The van der Waals surface area contributed by atoms with E-state index in [0.29, 0.717) is 37.9 Å². The van der Waals surface area contributed by atoms with Gasteiger partial charge in [0.25, 0.3) is 5.91 Å². The molecule has 1 aliphatic rings. The zero-order chi connectivity index (χ0) is 30.6. The summed E-state index contributed by atoms with van der Waals surface area (Å²) in [5, 5.41) is 7.62. The minimum Gasteiger partial charge on any atom is -0.489 e. The Bertz CT molecular complexity index is 1560. The molecule has 3 heterocycles. The van der Waals surface area contributed by atoms with E-state index in [2.05, 4.69) is 48.4 Å². The topological polar surface area (TPSA) is 98.6 Å². The molecule has 0 aliphatic carbocycles. The number of benzene rings is 2. The lowest BCUT2D eigenvalue weighted by molar-refractivity contribution is 0.0508. The molecule has 2 amide bonds. The molecule has 224 valence electrons. The number of nitrogens with one attached hydrogen (secondary N) is 1. The molecule has 2 aromatic heterocycles. The average Bonchev–Trinajstić information content (AvgIpc) is 3.38. The second-order valence-corrected chi connectivity index (χ2v) is 12.0. The largest absolute Gasteiger partial charge is 0.489 e. The van der Waals surface area contributed by atoms with Gasteiger partial charge in [-0.25, -0.2) is 4.79 Å². The first-order valence-corrected chi connectivity index (χ1v) is 14.7. The fourth-order valence-corrected chi connectivity index (χ4v) is 5.00. The van der Waals surface area contributed by atoms with Gasteiger partial charge < -0.3 is 19.7 Å². The normalized spacial score (nSPS) is 13.2. The summed E-state index contributed by atoms with van der Waals surface area (Å²) in [5.41, 5.74) is 5.56. The SMILES string of the molecule is CC(C)c1ccc(COc2ccc(-c3c(-c4ccncc4)nn4c3C(=O)N(CCNC(=O)OC(C)(C)C)CC4)cc2)cc1. The number of amides is 2. The summed E-state index contributed by atoms with van der Waals surface area (Å²) in [6.45, 7) is 11.9. The molecule has 2 aromatic carbocycles. The molecule has 9 nitrogen and oxygen atoms in total. The molecule has 0 atom stereocenters. The molecule has 0 bridgehead atoms. The Morgan fingerprint density at radius 1 is 0.953 bits per heavy atom. The monoisotopic (exact) mass is 581 g/mol. The van der Waals surface area contributed by atoms with Crippen LogP contribution in [0.3, 0.4) is 0 Å². The predicted octanol–water partition coefficient (Wildman–Crippen LogP) is 6.30. The second kappa shape index (κ2) is 12.7. The Balaban J connectivity index is 1.36. The van der Waals surface area contributed by atoms with E-state index in [1.165, 1.54) is 5.56 Å². The highest BCUT2D eigenvalue weighted by Crippen LogP contribution is 2.37. The first kappa shape index (κ1) is 29.8. The highest BCUT2D eigenvalue weighted by atomic mass is 16.6. The van der Waals surface area contributed by atoms with Crippen molar-refractivity contribution in [1.29, 1.82) is 0 Å². The van der Waals surface area contributed by atoms with Gasteiger partial charge in [-0.05, 0) is 67.6 Å². The van der Waals surface area contributed by atoms with Crippen LogP contribution in [0.15, 0.2) is 73.1 Å². The highest BCUT2D eigenvalue weighted by molar-refractivity contribution is 6.03. The lowest BCUT2D eigenvalue weighted by Crippen LogP contribution is -2.45. The average molecular weight is 582 g/mol. The maximum atomic E-state index is 13.8. The number of pyridine rings is 1. The van der Waals surface area contributed by atoms with Crippen LogP contribution >= 0.6 is 0 Å². The van der Waals surface area contributed by atoms with Gasteiger partial charge in [-0.1, -0.05) is 50.2 Å². The second-order valence-electron chi connectivity index (χ2n) is 12.0. The van der Waals surface area contributed by atoms with E-state index >= 15 is 0 Å². The van der Waals surface area contributed by atoms with Crippen molar-refractivity contribution in [3.05, 3.63) is 89.9 Å². The number of alkyl carbamates (subject to hydrolysis) is 1. The molecule has 0 unspecified atom stereocenters. The van der Waals surface area contributed by atoms with Crippen LogP contribution < -0.4 is 10.1 Å². The van der Waals surface area contributed by atoms with Crippen molar-refractivity contribution in [3.63, 3.8) is 0 Å². The zero-order valence-electron chi connectivity index (χ0n) is 25.5. The van der Waals surface area contributed by atoms with Crippen molar-refractivity contribution in [2.24, 2.45) is 0 Å². The van der Waals surface area contributed by atoms with Gasteiger partial charge >= 0.3 is 6.09 Å². The van der Waals surface area contributed by atoms with Crippen LogP contribution in [-0.4, -0.2) is 56.9 Å². The molecule has 4 aromatic rings. The fraction of sp³-hybridized carbons (Fsp3) is 0.353. The maximum absolute atomic E-state index is 13.8. The van der Waals surface area contributed by atoms with Crippen molar-refractivity contribution in [1.82, 2.24) is 25.0 Å². The van der Waals surface area contributed by atoms with Crippen LogP contribution in [0.4, 0.5) is 4.79 Å². The van der Waals surface area contributed by atoms with E-state index in [0.717, 1.165) is 33.7 Å². The third-order valence-electron chi connectivity index (χ3n) is 7.22. The molecule has 5 rings (SSSR count). The van der Waals surface area contributed by atoms with Crippen molar-refractivity contribution >= 4 is 12.0 Å². The summed E-state index contributed by atoms with van der Waals surface area (Å²) in [6, 6.07) is 20.1. The first-order chi connectivity index (χ1) is 20.6. The summed E-state index contributed by atoms with van der Waals surface area (Å²) in [6.07, 6.45) is 2.94. The van der Waals surface area contributed by atoms with E-state index in [1.54, 1.807) is 22.0 Å². The van der Waals surface area contributed by atoms with Crippen LogP contribution in [0.25, 0.3) is 22.4 Å². The van der Waals surface area contributed by atoms with Crippen molar-refractivity contribution in [3.8, 4) is 28.1 Å². The molecular weight excluding hydrogens is 542 g/mol. The van der Waals surface area contributed by atoms with E-state index in [-0.39, 0.29) is 12.5 Å². The van der Waals surface area contributed by atoms with Crippen LogP contribution in [0.2, 0.25) is 0 Å². The molecule has 1 aliphatic heterocycles. The molecule has 0 saturated heterocycles. The summed E-state index contributed by atoms with van der Waals surface area (Å²) < 4.78 is 13.2. The van der Waals surface area contributed by atoms with Crippen molar-refractivity contribution in [2.75, 3.05) is 19.6 Å². The summed E-state index contributed by atoms with van der Waals surface area (Å²) in [4.78, 5) is 31.8. The number of hydrogen-bond donors (Lipinski definition) is 1. The summed E-state index contributed by atoms with van der Waals surface area (Å²) in [7, 11) is 0. The number of carbonyl (C=O) groups is 2. The molecule has 0 fully saturated rings. The number of fused-ring (bicyclic) bond motifs is 1. The Hall–Kier alpha value is -4.66. The van der Waals surface area contributed by atoms with Gasteiger partial charge in [-0.2, -0.15) is 5.10 Å². The number of nitrogens with zero attached hydrogens (tertiary/aromatic N) is 4. The van der Waals surface area contributed by atoms with Crippen molar-refractivity contribution < 1.29 is 19.1 Å². The fourth-order valence-electron chi connectivity index (χ4n) is 5.00. The van der Waals surface area contributed by atoms with Gasteiger partial charge in [0.2, 0.25) is 0 Å². The molecular formula is C34H39N5O4. The van der Waals surface area contributed by atoms with E-state index in [9.17, 15) is 9.59 Å². The van der Waals surface area contributed by atoms with Crippen LogP contribution in [0.1, 0.15) is 62.2 Å². The molecule has 0 saturated carbocycles. The van der Waals surface area contributed by atoms with Gasteiger partial charge in [-0.15, -0.1) is 0 Å². The number of rotatable bonds is 9. The Kier molecular flexibility index (Phi) is 8.80. The first-order valence-electron chi connectivity index (χ1n) is 14.7. The smallest absolute Gasteiger partial charge is 0.407 e. The van der Waals surface area contributed by atoms with Crippen LogP contribution in [-0.2, 0) is 17.9 Å². The van der Waals surface area contributed by atoms with Crippen LogP contribution in [0.5, 0.6) is 5.75 Å². The lowest BCUT2D eigenvalue weighted by atomic mass is 9.98. The number of aromatic nitrogens is 3. The van der Waals surface area contributed by atoms with E-state index in [4.69, 9.17) is 14.6 Å². The van der Waals surface area contributed by atoms with E-state index < -0.39 is 11.7 Å². The highest BCUT2D eigenvalue weighted by Gasteiger charge is 2.32. The van der Waals surface area contributed by atoms with Gasteiger partial charge in [0, 0.05) is 43.2 Å². The molecule has 43 heavy (non-hydrogen) atoms. The van der Waals surface area contributed by atoms with E-state index in [1.807, 2.05) is 57.2 Å². The van der Waals surface area contributed by atoms with Crippen LogP contribution in [0, 0.1) is 0 Å². The van der Waals surface area contributed by atoms with Gasteiger partial charge in [0.05, 0.1) is 6.54 Å². The van der Waals surface area contributed by atoms with Crippen molar-refractivity contribution in [2.45, 2.75) is 59.3 Å². The number of hydrogen-bond acceptors (Lipinski definition) is 6. The Labute approximate surface area is 252 Å². The minimum atomic E-state index is -0.588. The van der Waals surface area contributed by atoms with Gasteiger partial charge in [-0.3, -0.25) is 14.5 Å².